The highest BCUT2D eigenvalue weighted by molar-refractivity contribution is 6.46. The minimum Gasteiger partial charge on any atom is -0.396 e. The average Bonchev–Trinajstić information content (AvgIpc) is 3.00. The molecule has 1 amide bonds. The highest BCUT2D eigenvalue weighted by Gasteiger charge is 2.29. The van der Waals surface area contributed by atoms with Crippen molar-refractivity contribution in [1.29, 1.82) is 0 Å². The van der Waals surface area contributed by atoms with E-state index in [1.165, 1.54) is 6.20 Å². The van der Waals surface area contributed by atoms with Crippen molar-refractivity contribution in [2.45, 2.75) is 31.8 Å². The molecule has 27 heavy (non-hydrogen) atoms. The van der Waals surface area contributed by atoms with Gasteiger partial charge < -0.3 is 14.7 Å². The van der Waals surface area contributed by atoms with Crippen LogP contribution in [0.3, 0.4) is 0 Å². The van der Waals surface area contributed by atoms with E-state index in [0.717, 1.165) is 18.4 Å². The Hall–Kier alpha value is -2.09. The molecule has 1 aromatic rings. The van der Waals surface area contributed by atoms with Crippen molar-refractivity contribution in [3.63, 3.8) is 0 Å². The number of nitrogens with zero attached hydrogens (tertiary/aromatic N) is 4. The number of aromatic nitrogens is 1. The molecule has 0 bridgehead atoms. The molecule has 144 valence electrons. The normalized spacial score (nSPS) is 18.7. The monoisotopic (exact) mass is 390 g/mol. The minimum absolute atomic E-state index is 0.0513. The standard InChI is InChI=1S/C19H23ClN4O3/c1-21-11-15(20)18(22-14-5-9-27-10-6-14)16-4-3-13-12-24(7-2-8-25)19(26)17(13)23-16/h3-4,11,14,25H,1-2,5-10,12H2/b15-11+,22-18?. The Morgan fingerprint density at radius 1 is 1.44 bits per heavy atom. The van der Waals surface area contributed by atoms with Gasteiger partial charge in [0.15, 0.2) is 0 Å². The lowest BCUT2D eigenvalue weighted by Gasteiger charge is -2.19. The van der Waals surface area contributed by atoms with Crippen LogP contribution in [-0.2, 0) is 11.3 Å². The van der Waals surface area contributed by atoms with E-state index in [-0.39, 0.29) is 18.6 Å². The second-order valence-electron chi connectivity index (χ2n) is 6.49. The first-order chi connectivity index (χ1) is 13.1. The van der Waals surface area contributed by atoms with Crippen molar-refractivity contribution >= 4 is 29.9 Å². The van der Waals surface area contributed by atoms with Gasteiger partial charge in [0.05, 0.1) is 16.8 Å². The smallest absolute Gasteiger partial charge is 0.273 e. The highest BCUT2D eigenvalue weighted by atomic mass is 35.5. The third-order valence-electron chi connectivity index (χ3n) is 4.59. The molecule has 2 aliphatic heterocycles. The lowest BCUT2D eigenvalue weighted by molar-refractivity contribution is 0.0764. The van der Waals surface area contributed by atoms with Gasteiger partial charge in [-0.15, -0.1) is 0 Å². The summed E-state index contributed by atoms with van der Waals surface area (Å²) in [4.78, 5) is 27.4. The predicted octanol–water partition coefficient (Wildman–Crippen LogP) is 2.17. The summed E-state index contributed by atoms with van der Waals surface area (Å²) < 4.78 is 5.38. The van der Waals surface area contributed by atoms with E-state index in [9.17, 15) is 4.79 Å². The highest BCUT2D eigenvalue weighted by Crippen LogP contribution is 2.24. The van der Waals surface area contributed by atoms with Crippen molar-refractivity contribution in [2.75, 3.05) is 26.4 Å². The van der Waals surface area contributed by atoms with E-state index in [0.29, 0.717) is 54.9 Å². The molecule has 0 aromatic carbocycles. The summed E-state index contributed by atoms with van der Waals surface area (Å²) in [5, 5.41) is 9.34. The van der Waals surface area contributed by atoms with Crippen LogP contribution in [0.2, 0.25) is 0 Å². The topological polar surface area (TPSA) is 87.4 Å². The van der Waals surface area contributed by atoms with Crippen LogP contribution in [0.4, 0.5) is 0 Å². The molecule has 0 atom stereocenters. The number of halogens is 1. The zero-order valence-corrected chi connectivity index (χ0v) is 15.9. The number of pyridine rings is 1. The maximum atomic E-state index is 12.6. The molecule has 1 fully saturated rings. The van der Waals surface area contributed by atoms with E-state index in [1.807, 2.05) is 12.1 Å². The number of rotatable bonds is 7. The lowest BCUT2D eigenvalue weighted by Crippen LogP contribution is -2.26. The second-order valence-corrected chi connectivity index (χ2v) is 6.90. The number of allylic oxidation sites excluding steroid dienone is 1. The largest absolute Gasteiger partial charge is 0.396 e. The van der Waals surface area contributed by atoms with E-state index in [4.69, 9.17) is 26.4 Å². The Balaban J connectivity index is 1.91. The van der Waals surface area contributed by atoms with Crippen LogP contribution < -0.4 is 0 Å². The average molecular weight is 391 g/mol. The number of carbonyl (C=O) groups excluding carboxylic acids is 1. The molecule has 1 aromatic heterocycles. The van der Waals surface area contributed by atoms with Crippen LogP contribution in [0.25, 0.3) is 0 Å². The minimum atomic E-state index is -0.132. The van der Waals surface area contributed by atoms with Gasteiger partial charge in [0, 0.05) is 44.7 Å². The van der Waals surface area contributed by atoms with Gasteiger partial charge in [-0.1, -0.05) is 17.7 Å². The number of aliphatic hydroxyl groups excluding tert-OH is 1. The summed E-state index contributed by atoms with van der Waals surface area (Å²) in [5.74, 6) is -0.132. The lowest BCUT2D eigenvalue weighted by atomic mass is 10.1. The number of ether oxygens (including phenoxy) is 1. The summed E-state index contributed by atoms with van der Waals surface area (Å²) in [6.45, 7) is 5.84. The fraction of sp³-hybridized carbons (Fsp3) is 0.474. The van der Waals surface area contributed by atoms with Crippen molar-refractivity contribution < 1.29 is 14.6 Å². The van der Waals surface area contributed by atoms with Gasteiger partial charge in [-0.25, -0.2) is 4.98 Å². The van der Waals surface area contributed by atoms with Gasteiger partial charge in [-0.3, -0.25) is 14.8 Å². The molecule has 0 unspecified atom stereocenters. The predicted molar refractivity (Wildman–Crippen MR) is 105 cm³/mol. The molecule has 0 spiro atoms. The molecule has 0 saturated carbocycles. The first-order valence-electron chi connectivity index (χ1n) is 9.02. The molecular formula is C19H23ClN4O3. The first-order valence-corrected chi connectivity index (χ1v) is 9.39. The van der Waals surface area contributed by atoms with Crippen molar-refractivity contribution in [1.82, 2.24) is 9.88 Å². The first kappa shape index (κ1) is 19.7. The molecular weight excluding hydrogens is 368 g/mol. The number of amides is 1. The Morgan fingerprint density at radius 2 is 2.22 bits per heavy atom. The quantitative estimate of drug-likeness (QED) is 0.723. The van der Waals surface area contributed by atoms with Gasteiger partial charge in [0.2, 0.25) is 0 Å². The number of fused-ring (bicyclic) bond motifs is 1. The molecule has 1 N–H and O–H groups in total. The summed E-state index contributed by atoms with van der Waals surface area (Å²) in [5.41, 5.74) is 2.35. The zero-order valence-electron chi connectivity index (χ0n) is 15.1. The van der Waals surface area contributed by atoms with Crippen molar-refractivity contribution in [3.8, 4) is 0 Å². The SMILES string of the molecule is C=N/C=C(/Cl)C(=NC1CCOCC1)c1ccc2c(n1)C(=O)N(CCCO)C2. The van der Waals surface area contributed by atoms with E-state index >= 15 is 0 Å². The fourth-order valence-corrected chi connectivity index (χ4v) is 3.40. The summed E-state index contributed by atoms with van der Waals surface area (Å²) >= 11 is 6.39. The zero-order chi connectivity index (χ0) is 19.2. The van der Waals surface area contributed by atoms with Gasteiger partial charge in [-0.2, -0.15) is 0 Å². The molecule has 7 nitrogen and oxygen atoms in total. The second kappa shape index (κ2) is 9.21. The van der Waals surface area contributed by atoms with E-state index < -0.39 is 0 Å². The van der Waals surface area contributed by atoms with Crippen molar-refractivity contribution in [2.24, 2.45) is 9.98 Å². The molecule has 0 radical (unpaired) electrons. The summed E-state index contributed by atoms with van der Waals surface area (Å²) in [6, 6.07) is 3.81. The Bertz CT molecular complexity index is 772. The number of carbonyl (C=O) groups is 1. The Morgan fingerprint density at radius 3 is 2.93 bits per heavy atom. The van der Waals surface area contributed by atoms with Crippen LogP contribution >= 0.6 is 11.6 Å². The van der Waals surface area contributed by atoms with Crippen LogP contribution in [0.5, 0.6) is 0 Å². The molecule has 3 rings (SSSR count). The Kier molecular flexibility index (Phi) is 6.71. The Labute approximate surface area is 163 Å². The summed E-state index contributed by atoms with van der Waals surface area (Å²) in [6.07, 6.45) is 3.61. The maximum absolute atomic E-state index is 12.6. The third kappa shape index (κ3) is 4.61. The number of hydrogen-bond donors (Lipinski definition) is 1. The maximum Gasteiger partial charge on any atom is 0.273 e. The number of hydrogen-bond acceptors (Lipinski definition) is 6. The third-order valence-corrected chi connectivity index (χ3v) is 4.87. The van der Waals surface area contributed by atoms with Gasteiger partial charge in [0.1, 0.15) is 11.4 Å². The summed E-state index contributed by atoms with van der Waals surface area (Å²) in [7, 11) is 0. The molecule has 8 heteroatoms. The molecule has 0 aliphatic carbocycles. The van der Waals surface area contributed by atoms with Gasteiger partial charge >= 0.3 is 0 Å². The van der Waals surface area contributed by atoms with E-state index in [1.54, 1.807) is 4.90 Å². The number of aliphatic hydroxyl groups is 1. The molecule has 1 saturated heterocycles. The molecule has 2 aliphatic rings. The van der Waals surface area contributed by atoms with Crippen LogP contribution in [-0.4, -0.2) is 65.7 Å². The molecule has 3 heterocycles. The van der Waals surface area contributed by atoms with Crippen LogP contribution in [0.1, 0.15) is 41.0 Å². The van der Waals surface area contributed by atoms with Crippen LogP contribution in [0.15, 0.2) is 33.3 Å². The van der Waals surface area contributed by atoms with Crippen LogP contribution in [0, 0.1) is 0 Å². The fourth-order valence-electron chi connectivity index (χ4n) is 3.19. The van der Waals surface area contributed by atoms with E-state index in [2.05, 4.69) is 16.7 Å². The van der Waals surface area contributed by atoms with Gasteiger partial charge in [-0.05, 0) is 32.0 Å². The van der Waals surface area contributed by atoms with Crippen molar-refractivity contribution in [3.05, 3.63) is 40.3 Å². The number of aliphatic imine (C=N–C) groups is 2. The van der Waals surface area contributed by atoms with Gasteiger partial charge in [0.25, 0.3) is 5.91 Å².